The number of nitrogens with zero attached hydrogens (tertiary/aromatic N) is 2. The molecule has 1 aliphatic heterocycles. The zero-order valence-corrected chi connectivity index (χ0v) is 21.9. The van der Waals surface area contributed by atoms with Crippen molar-refractivity contribution >= 4 is 17.5 Å². The molecule has 2 aliphatic rings. The highest BCUT2D eigenvalue weighted by Crippen LogP contribution is 2.32. The van der Waals surface area contributed by atoms with Crippen LogP contribution < -0.4 is 10.1 Å². The van der Waals surface area contributed by atoms with Gasteiger partial charge in [-0.1, -0.05) is 37.3 Å². The van der Waals surface area contributed by atoms with E-state index in [1.54, 1.807) is 37.3 Å². The minimum atomic E-state index is -0.117. The van der Waals surface area contributed by atoms with E-state index in [-0.39, 0.29) is 35.8 Å². The monoisotopic (exact) mass is 493 g/mol. The number of nitrogens with one attached hydrogen (secondary N) is 1. The molecule has 1 heterocycles. The molecule has 2 aromatic carbocycles. The Kier molecular flexibility index (Phi) is 8.64. The number of hydrogen-bond donors (Lipinski definition) is 1. The summed E-state index contributed by atoms with van der Waals surface area (Å²) >= 11 is 0. The molecule has 194 valence electrons. The van der Waals surface area contributed by atoms with Gasteiger partial charge in [0, 0.05) is 57.5 Å². The third kappa shape index (κ3) is 6.65. The molecule has 0 bridgehead atoms. The Morgan fingerprint density at radius 1 is 1.11 bits per heavy atom. The standard InChI is InChI=1S/C29H39N3O4/c1-20-17-32(15-14-22-8-6-5-7-9-22)21(2)19-36-26-16-24(30-28(33)23-10-11-23)12-13-25(26)29(34)31(3)18-27(20)35-4/h5-9,12-13,16,20-21,23,27H,10-11,14-15,17-19H2,1-4H3,(H,30,33)/t20-,21+,27+/m1/s1. The second kappa shape index (κ2) is 11.9. The van der Waals surface area contributed by atoms with Gasteiger partial charge in [0.2, 0.25) is 5.91 Å². The number of anilines is 1. The van der Waals surface area contributed by atoms with Crippen molar-refractivity contribution < 1.29 is 19.1 Å². The van der Waals surface area contributed by atoms with Crippen LogP contribution in [-0.2, 0) is 16.0 Å². The lowest BCUT2D eigenvalue weighted by atomic mass is 10.0. The van der Waals surface area contributed by atoms with Gasteiger partial charge in [-0.25, -0.2) is 0 Å². The molecule has 0 aromatic heterocycles. The second-order valence-corrected chi connectivity index (χ2v) is 10.3. The molecule has 1 aliphatic carbocycles. The minimum absolute atomic E-state index is 0.0314. The summed E-state index contributed by atoms with van der Waals surface area (Å²) in [5.74, 6) is 0.739. The molecule has 1 saturated carbocycles. The summed E-state index contributed by atoms with van der Waals surface area (Å²) in [4.78, 5) is 29.8. The molecule has 7 heteroatoms. The van der Waals surface area contributed by atoms with E-state index in [2.05, 4.69) is 48.3 Å². The Morgan fingerprint density at radius 3 is 2.56 bits per heavy atom. The summed E-state index contributed by atoms with van der Waals surface area (Å²) in [7, 11) is 3.52. The maximum atomic E-state index is 13.4. The smallest absolute Gasteiger partial charge is 0.257 e. The van der Waals surface area contributed by atoms with Crippen molar-refractivity contribution in [3.8, 4) is 5.75 Å². The Morgan fingerprint density at radius 2 is 1.86 bits per heavy atom. The minimum Gasteiger partial charge on any atom is -0.491 e. The van der Waals surface area contributed by atoms with E-state index in [4.69, 9.17) is 9.47 Å². The van der Waals surface area contributed by atoms with E-state index in [9.17, 15) is 9.59 Å². The molecule has 2 amide bonds. The average Bonchev–Trinajstić information content (AvgIpc) is 3.73. The lowest BCUT2D eigenvalue weighted by Gasteiger charge is -2.36. The number of hydrogen-bond acceptors (Lipinski definition) is 5. The van der Waals surface area contributed by atoms with Gasteiger partial charge in [-0.2, -0.15) is 0 Å². The lowest BCUT2D eigenvalue weighted by molar-refractivity contribution is -0.117. The number of benzene rings is 2. The fourth-order valence-electron chi connectivity index (χ4n) is 4.74. The van der Waals surface area contributed by atoms with Crippen molar-refractivity contribution in [2.45, 2.75) is 45.3 Å². The lowest BCUT2D eigenvalue weighted by Crippen LogP contribution is -2.47. The maximum absolute atomic E-state index is 13.4. The summed E-state index contributed by atoms with van der Waals surface area (Å²) in [5, 5.41) is 2.97. The van der Waals surface area contributed by atoms with Gasteiger partial charge < -0.3 is 19.7 Å². The van der Waals surface area contributed by atoms with Crippen LogP contribution in [0.3, 0.4) is 0 Å². The number of carbonyl (C=O) groups is 2. The van der Waals surface area contributed by atoms with Gasteiger partial charge in [-0.3, -0.25) is 14.5 Å². The number of likely N-dealkylation sites (N-methyl/N-ethyl adjacent to an activating group) is 1. The van der Waals surface area contributed by atoms with Crippen LogP contribution >= 0.6 is 0 Å². The van der Waals surface area contributed by atoms with Crippen LogP contribution in [-0.4, -0.2) is 74.2 Å². The second-order valence-electron chi connectivity index (χ2n) is 10.3. The Bertz CT molecular complexity index is 1040. The number of methoxy groups -OCH3 is 1. The number of rotatable bonds is 6. The number of ether oxygens (including phenoxy) is 2. The van der Waals surface area contributed by atoms with Crippen LogP contribution in [0.1, 0.15) is 42.6 Å². The molecule has 0 radical (unpaired) electrons. The topological polar surface area (TPSA) is 71.1 Å². The van der Waals surface area contributed by atoms with Gasteiger partial charge in [0.25, 0.3) is 5.91 Å². The zero-order valence-electron chi connectivity index (χ0n) is 21.9. The van der Waals surface area contributed by atoms with E-state index in [0.29, 0.717) is 30.2 Å². The summed E-state index contributed by atoms with van der Waals surface area (Å²) in [6.45, 7) is 7.00. The first kappa shape index (κ1) is 26.2. The molecule has 2 aromatic rings. The van der Waals surface area contributed by atoms with Gasteiger partial charge in [0.05, 0.1) is 11.7 Å². The van der Waals surface area contributed by atoms with Gasteiger partial charge in [-0.15, -0.1) is 0 Å². The first-order chi connectivity index (χ1) is 17.4. The quantitative estimate of drug-likeness (QED) is 0.657. The molecule has 1 fully saturated rings. The van der Waals surface area contributed by atoms with Crippen LogP contribution in [0, 0.1) is 11.8 Å². The third-order valence-corrected chi connectivity index (χ3v) is 7.32. The van der Waals surface area contributed by atoms with Gasteiger partial charge in [0.15, 0.2) is 0 Å². The van der Waals surface area contributed by atoms with E-state index >= 15 is 0 Å². The first-order valence-corrected chi connectivity index (χ1v) is 13.0. The highest BCUT2D eigenvalue weighted by Gasteiger charge is 2.31. The summed E-state index contributed by atoms with van der Waals surface area (Å²) in [6.07, 6.45) is 2.73. The zero-order chi connectivity index (χ0) is 25.7. The number of carbonyl (C=O) groups excluding carboxylic acids is 2. The number of amides is 2. The molecule has 1 N–H and O–H groups in total. The van der Waals surface area contributed by atoms with Gasteiger partial charge in [-0.05, 0) is 49.8 Å². The molecule has 4 rings (SSSR count). The average molecular weight is 494 g/mol. The van der Waals surface area contributed by atoms with Crippen LogP contribution in [0.2, 0.25) is 0 Å². The SMILES string of the molecule is CO[C@H]1CN(C)C(=O)c2ccc(NC(=O)C3CC3)cc2OC[C@H](C)N(CCc2ccccc2)C[C@H]1C. The summed E-state index contributed by atoms with van der Waals surface area (Å²) in [6, 6.07) is 16.0. The van der Waals surface area contributed by atoms with Gasteiger partial charge in [0.1, 0.15) is 12.4 Å². The number of fused-ring (bicyclic) bond motifs is 1. The molecule has 0 unspecified atom stereocenters. The summed E-state index contributed by atoms with van der Waals surface area (Å²) < 4.78 is 12.1. The molecular formula is C29H39N3O4. The van der Waals surface area contributed by atoms with Crippen LogP contribution in [0.25, 0.3) is 0 Å². The Labute approximate surface area is 214 Å². The normalized spacial score (nSPS) is 23.7. The van der Waals surface area contributed by atoms with Crippen molar-refractivity contribution in [2.24, 2.45) is 11.8 Å². The molecule has 7 nitrogen and oxygen atoms in total. The van der Waals surface area contributed by atoms with E-state index in [0.717, 1.165) is 32.4 Å². The van der Waals surface area contributed by atoms with Crippen LogP contribution in [0.5, 0.6) is 5.75 Å². The Hall–Kier alpha value is -2.90. The van der Waals surface area contributed by atoms with Crippen LogP contribution in [0.15, 0.2) is 48.5 Å². The fourth-order valence-corrected chi connectivity index (χ4v) is 4.74. The third-order valence-electron chi connectivity index (χ3n) is 7.32. The van der Waals surface area contributed by atoms with Crippen molar-refractivity contribution in [3.63, 3.8) is 0 Å². The predicted molar refractivity (Wildman–Crippen MR) is 141 cm³/mol. The Balaban J connectivity index is 1.58. The maximum Gasteiger partial charge on any atom is 0.257 e. The first-order valence-electron chi connectivity index (χ1n) is 13.0. The van der Waals surface area contributed by atoms with Crippen molar-refractivity contribution in [2.75, 3.05) is 45.7 Å². The molecule has 3 atom stereocenters. The van der Waals surface area contributed by atoms with Crippen LogP contribution in [0.4, 0.5) is 5.69 Å². The van der Waals surface area contributed by atoms with Crippen molar-refractivity contribution in [1.82, 2.24) is 9.80 Å². The van der Waals surface area contributed by atoms with E-state index in [1.165, 1.54) is 5.56 Å². The van der Waals surface area contributed by atoms with E-state index < -0.39 is 0 Å². The largest absolute Gasteiger partial charge is 0.491 e. The molecule has 36 heavy (non-hydrogen) atoms. The molecular weight excluding hydrogens is 454 g/mol. The molecule has 0 spiro atoms. The molecule has 0 saturated heterocycles. The van der Waals surface area contributed by atoms with E-state index in [1.807, 2.05) is 6.07 Å². The highest BCUT2D eigenvalue weighted by molar-refractivity contribution is 5.99. The highest BCUT2D eigenvalue weighted by atomic mass is 16.5. The van der Waals surface area contributed by atoms with Crippen molar-refractivity contribution in [1.29, 1.82) is 0 Å². The fraction of sp³-hybridized carbons (Fsp3) is 0.517. The van der Waals surface area contributed by atoms with Crippen molar-refractivity contribution in [3.05, 3.63) is 59.7 Å². The van der Waals surface area contributed by atoms with Gasteiger partial charge >= 0.3 is 0 Å². The predicted octanol–water partition coefficient (Wildman–Crippen LogP) is 4.08. The summed E-state index contributed by atoms with van der Waals surface area (Å²) in [5.41, 5.74) is 2.46.